The third-order valence-corrected chi connectivity index (χ3v) is 3.16. The molecule has 0 radical (unpaired) electrons. The molecule has 1 heteroatoms. The molecule has 0 saturated heterocycles. The molecule has 1 nitrogen and oxygen atoms in total. The number of carbonyl (C=O) groups is 1. The molecule has 1 saturated carbocycles. The van der Waals surface area contributed by atoms with Gasteiger partial charge in [-0.15, -0.1) is 0 Å². The van der Waals surface area contributed by atoms with Crippen molar-refractivity contribution in [3.63, 3.8) is 0 Å². The summed E-state index contributed by atoms with van der Waals surface area (Å²) < 4.78 is 0. The minimum atomic E-state index is 0.354. The Bertz CT molecular complexity index is 151. The van der Waals surface area contributed by atoms with Crippen molar-refractivity contribution in [2.45, 2.75) is 52.4 Å². The van der Waals surface area contributed by atoms with E-state index in [1.54, 1.807) is 6.92 Å². The fourth-order valence-electron chi connectivity index (χ4n) is 2.21. The van der Waals surface area contributed by atoms with E-state index in [-0.39, 0.29) is 0 Å². The third-order valence-electron chi connectivity index (χ3n) is 3.16. The molecule has 0 aromatic heterocycles. The molecule has 1 aliphatic rings. The van der Waals surface area contributed by atoms with Gasteiger partial charge in [0.2, 0.25) is 0 Å². The summed E-state index contributed by atoms with van der Waals surface area (Å²) in [6, 6.07) is 0. The van der Waals surface area contributed by atoms with Gasteiger partial charge in [-0.3, -0.25) is 0 Å². The Morgan fingerprint density at radius 2 is 2.00 bits per heavy atom. The Hall–Kier alpha value is -0.330. The molecule has 1 fully saturated rings. The lowest BCUT2D eigenvalue weighted by atomic mass is 9.78. The first-order chi connectivity index (χ1) is 5.70. The standard InChI is InChI=1S/C11H20O/c1-9-5-3-4-6-11(9)8-7-10(2)12/h9,11H,3-8H2,1-2H3/t9-,11+/m0/s1. The molecular formula is C11H20O. The van der Waals surface area contributed by atoms with Crippen LogP contribution < -0.4 is 0 Å². The van der Waals surface area contributed by atoms with Crippen molar-refractivity contribution in [3.8, 4) is 0 Å². The molecule has 0 bridgehead atoms. The molecule has 2 atom stereocenters. The van der Waals surface area contributed by atoms with E-state index in [4.69, 9.17) is 0 Å². The normalized spacial score (nSPS) is 30.2. The minimum Gasteiger partial charge on any atom is -0.300 e. The summed E-state index contributed by atoms with van der Waals surface area (Å²) >= 11 is 0. The van der Waals surface area contributed by atoms with Gasteiger partial charge in [0.1, 0.15) is 5.78 Å². The molecule has 0 N–H and O–H groups in total. The van der Waals surface area contributed by atoms with Crippen molar-refractivity contribution in [1.29, 1.82) is 0 Å². The number of Topliss-reactive ketones (excluding diaryl/α,β-unsaturated/α-hetero) is 1. The van der Waals surface area contributed by atoms with Crippen molar-refractivity contribution in [3.05, 3.63) is 0 Å². The van der Waals surface area contributed by atoms with Crippen LogP contribution in [0.3, 0.4) is 0 Å². The van der Waals surface area contributed by atoms with Crippen LogP contribution in [0, 0.1) is 11.8 Å². The molecule has 0 aromatic rings. The van der Waals surface area contributed by atoms with Gasteiger partial charge < -0.3 is 4.79 Å². The summed E-state index contributed by atoms with van der Waals surface area (Å²) in [5.41, 5.74) is 0. The molecule has 0 unspecified atom stereocenters. The maximum absolute atomic E-state index is 10.8. The van der Waals surface area contributed by atoms with Crippen LogP contribution in [-0.4, -0.2) is 5.78 Å². The average Bonchev–Trinajstić information content (AvgIpc) is 2.03. The van der Waals surface area contributed by atoms with Crippen LogP contribution in [0.1, 0.15) is 52.4 Å². The third kappa shape index (κ3) is 2.96. The minimum absolute atomic E-state index is 0.354. The maximum atomic E-state index is 10.8. The second kappa shape index (κ2) is 4.64. The summed E-state index contributed by atoms with van der Waals surface area (Å²) in [6.45, 7) is 4.04. The Labute approximate surface area is 75.5 Å². The van der Waals surface area contributed by atoms with E-state index in [1.165, 1.54) is 25.7 Å². The molecule has 0 aliphatic heterocycles. The number of hydrogen-bond donors (Lipinski definition) is 0. The lowest BCUT2D eigenvalue weighted by molar-refractivity contribution is -0.117. The van der Waals surface area contributed by atoms with Crippen LogP contribution in [0.2, 0.25) is 0 Å². The Morgan fingerprint density at radius 3 is 2.58 bits per heavy atom. The highest BCUT2D eigenvalue weighted by Gasteiger charge is 2.20. The molecule has 12 heavy (non-hydrogen) atoms. The molecular weight excluding hydrogens is 148 g/mol. The number of ketones is 1. The van der Waals surface area contributed by atoms with Crippen molar-refractivity contribution in [2.75, 3.05) is 0 Å². The van der Waals surface area contributed by atoms with Gasteiger partial charge in [-0.2, -0.15) is 0 Å². The van der Waals surface area contributed by atoms with Gasteiger partial charge in [-0.05, 0) is 25.2 Å². The van der Waals surface area contributed by atoms with Crippen molar-refractivity contribution in [2.24, 2.45) is 11.8 Å². The molecule has 0 amide bonds. The van der Waals surface area contributed by atoms with Crippen molar-refractivity contribution >= 4 is 5.78 Å². The van der Waals surface area contributed by atoms with E-state index in [9.17, 15) is 4.79 Å². The van der Waals surface area contributed by atoms with Crippen LogP contribution in [0.5, 0.6) is 0 Å². The van der Waals surface area contributed by atoms with E-state index in [0.717, 1.165) is 24.7 Å². The zero-order valence-corrected chi connectivity index (χ0v) is 8.31. The first-order valence-corrected chi connectivity index (χ1v) is 5.19. The van der Waals surface area contributed by atoms with Gasteiger partial charge in [0, 0.05) is 6.42 Å². The number of rotatable bonds is 3. The van der Waals surface area contributed by atoms with E-state index < -0.39 is 0 Å². The Balaban J connectivity index is 2.24. The van der Waals surface area contributed by atoms with Crippen LogP contribution in [0.25, 0.3) is 0 Å². The lowest BCUT2D eigenvalue weighted by Crippen LogP contribution is -2.17. The summed E-state index contributed by atoms with van der Waals surface area (Å²) in [4.78, 5) is 10.8. The quantitative estimate of drug-likeness (QED) is 0.632. The highest BCUT2D eigenvalue weighted by molar-refractivity contribution is 5.75. The smallest absolute Gasteiger partial charge is 0.129 e. The van der Waals surface area contributed by atoms with Crippen LogP contribution in [0.4, 0.5) is 0 Å². The molecule has 0 aromatic carbocycles. The highest BCUT2D eigenvalue weighted by Crippen LogP contribution is 2.32. The van der Waals surface area contributed by atoms with E-state index in [2.05, 4.69) is 6.92 Å². The van der Waals surface area contributed by atoms with E-state index in [1.807, 2.05) is 0 Å². The highest BCUT2D eigenvalue weighted by atomic mass is 16.1. The summed E-state index contributed by atoms with van der Waals surface area (Å²) in [7, 11) is 0. The zero-order chi connectivity index (χ0) is 8.97. The van der Waals surface area contributed by atoms with Crippen molar-refractivity contribution < 1.29 is 4.79 Å². The van der Waals surface area contributed by atoms with Gasteiger partial charge >= 0.3 is 0 Å². The summed E-state index contributed by atoms with van der Waals surface area (Å²) in [5.74, 6) is 2.05. The predicted molar refractivity (Wildman–Crippen MR) is 51.0 cm³/mol. The van der Waals surface area contributed by atoms with Gasteiger partial charge in [0.15, 0.2) is 0 Å². The van der Waals surface area contributed by atoms with Crippen molar-refractivity contribution in [1.82, 2.24) is 0 Å². The summed E-state index contributed by atoms with van der Waals surface area (Å²) in [5, 5.41) is 0. The van der Waals surface area contributed by atoms with Gasteiger partial charge in [0.25, 0.3) is 0 Å². The van der Waals surface area contributed by atoms with Crippen LogP contribution in [-0.2, 0) is 4.79 Å². The zero-order valence-electron chi connectivity index (χ0n) is 8.31. The molecule has 0 heterocycles. The fraction of sp³-hybridized carbons (Fsp3) is 0.909. The molecule has 70 valence electrons. The topological polar surface area (TPSA) is 17.1 Å². The molecule has 1 rings (SSSR count). The molecule has 0 spiro atoms. The predicted octanol–water partition coefficient (Wildman–Crippen LogP) is 3.18. The maximum Gasteiger partial charge on any atom is 0.129 e. The fourth-order valence-corrected chi connectivity index (χ4v) is 2.21. The van der Waals surface area contributed by atoms with Gasteiger partial charge in [-0.1, -0.05) is 32.6 Å². The first-order valence-electron chi connectivity index (χ1n) is 5.19. The number of carbonyl (C=O) groups excluding carboxylic acids is 1. The Morgan fingerprint density at radius 1 is 1.33 bits per heavy atom. The average molecular weight is 168 g/mol. The van der Waals surface area contributed by atoms with Gasteiger partial charge in [-0.25, -0.2) is 0 Å². The van der Waals surface area contributed by atoms with E-state index in [0.29, 0.717) is 5.78 Å². The van der Waals surface area contributed by atoms with Gasteiger partial charge in [0.05, 0.1) is 0 Å². The second-order valence-corrected chi connectivity index (χ2v) is 4.26. The first kappa shape index (κ1) is 9.76. The molecule has 1 aliphatic carbocycles. The largest absolute Gasteiger partial charge is 0.300 e. The summed E-state index contributed by atoms with van der Waals surface area (Å²) in [6.07, 6.45) is 7.45. The van der Waals surface area contributed by atoms with Crippen LogP contribution >= 0.6 is 0 Å². The number of hydrogen-bond acceptors (Lipinski definition) is 1. The SMILES string of the molecule is CC(=O)CC[C@H]1CCCC[C@@H]1C. The van der Waals surface area contributed by atoms with Crippen LogP contribution in [0.15, 0.2) is 0 Å². The Kier molecular flexibility index (Phi) is 3.77. The second-order valence-electron chi connectivity index (χ2n) is 4.26. The lowest BCUT2D eigenvalue weighted by Gasteiger charge is -2.28. The monoisotopic (exact) mass is 168 g/mol. The van der Waals surface area contributed by atoms with E-state index >= 15 is 0 Å².